The summed E-state index contributed by atoms with van der Waals surface area (Å²) in [7, 11) is 1.66. The minimum Gasteiger partial charge on any atom is -0.464 e. The Morgan fingerprint density at radius 2 is 2.39 bits per heavy atom. The number of rotatable bonds is 8. The second-order valence-corrected chi connectivity index (χ2v) is 3.91. The number of ether oxygens (including phenoxy) is 2. The highest BCUT2D eigenvalue weighted by Crippen LogP contribution is 2.09. The van der Waals surface area contributed by atoms with Gasteiger partial charge in [-0.3, -0.25) is 0 Å². The molecule has 1 heterocycles. The van der Waals surface area contributed by atoms with Gasteiger partial charge in [0.25, 0.3) is 0 Å². The minimum absolute atomic E-state index is 0.242. The van der Waals surface area contributed by atoms with Crippen LogP contribution in [0.25, 0.3) is 0 Å². The Kier molecular flexibility index (Phi) is 6.38. The molecule has 1 aromatic heterocycles. The van der Waals surface area contributed by atoms with Crippen LogP contribution in [0.2, 0.25) is 0 Å². The van der Waals surface area contributed by atoms with E-state index in [0.29, 0.717) is 19.8 Å². The number of esters is 1. The molecule has 6 heteroatoms. The Morgan fingerprint density at radius 1 is 1.61 bits per heavy atom. The summed E-state index contributed by atoms with van der Waals surface area (Å²) >= 11 is 0. The van der Waals surface area contributed by atoms with Gasteiger partial charge in [0, 0.05) is 26.4 Å². The summed E-state index contributed by atoms with van der Waals surface area (Å²) in [4.78, 5) is 15.8. The number of hydrogen-bond acceptors (Lipinski definition) is 5. The number of methoxy groups -OCH3 is 1. The first kappa shape index (κ1) is 14.7. The molecule has 102 valence electrons. The van der Waals surface area contributed by atoms with E-state index in [2.05, 4.69) is 10.3 Å². The van der Waals surface area contributed by atoms with Crippen LogP contribution in [-0.2, 0) is 20.8 Å². The molecule has 0 saturated carbocycles. The molecule has 6 nitrogen and oxygen atoms in total. The van der Waals surface area contributed by atoms with Crippen LogP contribution >= 0.6 is 0 Å². The third-order valence-electron chi connectivity index (χ3n) is 2.52. The van der Waals surface area contributed by atoms with E-state index < -0.39 is 0 Å². The number of nitrogens with zero attached hydrogens (tertiary/aromatic N) is 2. The van der Waals surface area contributed by atoms with Gasteiger partial charge in [0.05, 0.1) is 25.2 Å². The molecule has 0 aliphatic heterocycles. The van der Waals surface area contributed by atoms with E-state index in [-0.39, 0.29) is 12.0 Å². The Balaban J connectivity index is 2.44. The lowest BCUT2D eigenvalue weighted by molar-refractivity contribution is -0.146. The topological polar surface area (TPSA) is 65.4 Å². The summed E-state index contributed by atoms with van der Waals surface area (Å²) in [6, 6.07) is -0.342. The largest absolute Gasteiger partial charge is 0.464 e. The van der Waals surface area contributed by atoms with Gasteiger partial charge in [-0.1, -0.05) is 0 Å². The summed E-state index contributed by atoms with van der Waals surface area (Å²) < 4.78 is 11.6. The Morgan fingerprint density at radius 3 is 3.06 bits per heavy atom. The van der Waals surface area contributed by atoms with E-state index in [9.17, 15) is 4.79 Å². The quantitative estimate of drug-likeness (QED) is 0.548. The Hall–Kier alpha value is -1.40. The van der Waals surface area contributed by atoms with E-state index in [1.165, 1.54) is 0 Å². The maximum atomic E-state index is 11.5. The van der Waals surface area contributed by atoms with Gasteiger partial charge < -0.3 is 19.4 Å². The third kappa shape index (κ3) is 4.46. The van der Waals surface area contributed by atoms with Crippen molar-refractivity contribution in [1.29, 1.82) is 0 Å². The molecule has 0 aliphatic rings. The fraction of sp³-hybridized carbons (Fsp3) is 0.667. The van der Waals surface area contributed by atoms with Crippen molar-refractivity contribution in [2.45, 2.75) is 26.4 Å². The van der Waals surface area contributed by atoms with Gasteiger partial charge in [0.15, 0.2) is 0 Å². The van der Waals surface area contributed by atoms with Gasteiger partial charge in [-0.15, -0.1) is 0 Å². The number of imidazole rings is 1. The van der Waals surface area contributed by atoms with Crippen LogP contribution in [0, 0.1) is 0 Å². The zero-order chi connectivity index (χ0) is 13.4. The molecule has 0 fully saturated rings. The molecule has 0 amide bonds. The first-order valence-corrected chi connectivity index (χ1v) is 6.07. The van der Waals surface area contributed by atoms with E-state index in [1.807, 2.05) is 6.20 Å². The zero-order valence-corrected chi connectivity index (χ0v) is 11.2. The van der Waals surface area contributed by atoms with Crippen LogP contribution in [0.3, 0.4) is 0 Å². The monoisotopic (exact) mass is 255 g/mol. The molecule has 0 bridgehead atoms. The Labute approximate surface area is 107 Å². The molecule has 0 radical (unpaired) electrons. The van der Waals surface area contributed by atoms with Crippen molar-refractivity contribution in [3.8, 4) is 0 Å². The second kappa shape index (κ2) is 7.84. The maximum Gasteiger partial charge on any atom is 0.328 e. The molecule has 0 aromatic carbocycles. The SMILES string of the molecule is CCOC(=O)C(C)n1cnc(CNCCOC)c1. The first-order valence-electron chi connectivity index (χ1n) is 6.07. The van der Waals surface area contributed by atoms with Crippen molar-refractivity contribution < 1.29 is 14.3 Å². The van der Waals surface area contributed by atoms with E-state index in [0.717, 1.165) is 12.2 Å². The van der Waals surface area contributed by atoms with E-state index >= 15 is 0 Å². The summed E-state index contributed by atoms with van der Waals surface area (Å²) in [5, 5.41) is 3.19. The molecule has 0 spiro atoms. The summed E-state index contributed by atoms with van der Waals surface area (Å²) in [5.41, 5.74) is 0.891. The molecule has 1 rings (SSSR count). The average Bonchev–Trinajstić information content (AvgIpc) is 2.83. The van der Waals surface area contributed by atoms with E-state index in [1.54, 1.807) is 31.9 Å². The van der Waals surface area contributed by atoms with Crippen LogP contribution in [-0.4, -0.2) is 42.4 Å². The van der Waals surface area contributed by atoms with Gasteiger partial charge in [-0.05, 0) is 13.8 Å². The molecule has 0 saturated heterocycles. The molecule has 1 N–H and O–H groups in total. The molecule has 0 aliphatic carbocycles. The second-order valence-electron chi connectivity index (χ2n) is 3.91. The lowest BCUT2D eigenvalue weighted by Crippen LogP contribution is -2.19. The van der Waals surface area contributed by atoms with Crippen LogP contribution in [0.4, 0.5) is 0 Å². The fourth-order valence-corrected chi connectivity index (χ4v) is 1.46. The lowest BCUT2D eigenvalue weighted by atomic mass is 10.3. The predicted molar refractivity (Wildman–Crippen MR) is 67.2 cm³/mol. The summed E-state index contributed by atoms with van der Waals surface area (Å²) in [6.45, 7) is 6.08. The van der Waals surface area contributed by atoms with Gasteiger partial charge in [0.1, 0.15) is 6.04 Å². The molecule has 1 unspecified atom stereocenters. The lowest BCUT2D eigenvalue weighted by Gasteiger charge is -2.11. The van der Waals surface area contributed by atoms with Crippen molar-refractivity contribution in [3.05, 3.63) is 18.2 Å². The van der Waals surface area contributed by atoms with Crippen molar-refractivity contribution in [1.82, 2.24) is 14.9 Å². The highest BCUT2D eigenvalue weighted by Gasteiger charge is 2.15. The van der Waals surface area contributed by atoms with E-state index in [4.69, 9.17) is 9.47 Å². The van der Waals surface area contributed by atoms with Gasteiger partial charge >= 0.3 is 5.97 Å². The highest BCUT2D eigenvalue weighted by atomic mass is 16.5. The standard InChI is InChI=1S/C12H21N3O3/c1-4-18-12(16)10(2)15-8-11(14-9-15)7-13-5-6-17-3/h8-10,13H,4-7H2,1-3H3. The van der Waals surface area contributed by atoms with Crippen molar-refractivity contribution in [3.63, 3.8) is 0 Å². The number of hydrogen-bond donors (Lipinski definition) is 1. The average molecular weight is 255 g/mol. The first-order chi connectivity index (χ1) is 8.69. The summed E-state index contributed by atoms with van der Waals surface area (Å²) in [5.74, 6) is -0.242. The van der Waals surface area contributed by atoms with Crippen molar-refractivity contribution in [2.24, 2.45) is 0 Å². The highest BCUT2D eigenvalue weighted by molar-refractivity contribution is 5.73. The smallest absolute Gasteiger partial charge is 0.328 e. The number of aromatic nitrogens is 2. The number of carbonyl (C=O) groups is 1. The van der Waals surface area contributed by atoms with Gasteiger partial charge in [-0.2, -0.15) is 0 Å². The molecule has 1 atom stereocenters. The van der Waals surface area contributed by atoms with Crippen LogP contribution < -0.4 is 5.32 Å². The summed E-state index contributed by atoms with van der Waals surface area (Å²) in [6.07, 6.45) is 3.50. The maximum absolute atomic E-state index is 11.5. The number of nitrogens with one attached hydrogen (secondary N) is 1. The molecule has 18 heavy (non-hydrogen) atoms. The molecular formula is C12H21N3O3. The van der Waals surface area contributed by atoms with Crippen LogP contribution in [0.5, 0.6) is 0 Å². The van der Waals surface area contributed by atoms with Gasteiger partial charge in [-0.25, -0.2) is 9.78 Å². The van der Waals surface area contributed by atoms with Crippen LogP contribution in [0.1, 0.15) is 25.6 Å². The normalized spacial score (nSPS) is 12.4. The fourth-order valence-electron chi connectivity index (χ4n) is 1.46. The van der Waals surface area contributed by atoms with Crippen LogP contribution in [0.15, 0.2) is 12.5 Å². The molecule has 1 aromatic rings. The van der Waals surface area contributed by atoms with Crippen molar-refractivity contribution >= 4 is 5.97 Å². The predicted octanol–water partition coefficient (Wildman–Crippen LogP) is 0.743. The van der Waals surface area contributed by atoms with Gasteiger partial charge in [0.2, 0.25) is 0 Å². The van der Waals surface area contributed by atoms with Crippen molar-refractivity contribution in [2.75, 3.05) is 26.9 Å². The minimum atomic E-state index is -0.342. The third-order valence-corrected chi connectivity index (χ3v) is 2.52. The number of carbonyl (C=O) groups excluding carboxylic acids is 1. The Bertz CT molecular complexity index is 365. The zero-order valence-electron chi connectivity index (χ0n) is 11.2. The molecular weight excluding hydrogens is 234 g/mol.